The summed E-state index contributed by atoms with van der Waals surface area (Å²) in [7, 11) is 3.14. The average Bonchev–Trinajstić information content (AvgIpc) is 2.84. The number of carbonyl (C=O) groups excluding carboxylic acids is 1. The summed E-state index contributed by atoms with van der Waals surface area (Å²) < 4.78 is 11.4. The number of carbonyl (C=O) groups is 1. The number of hydrogen-bond donors (Lipinski definition) is 1. The molecule has 0 saturated carbocycles. The second-order valence-electron chi connectivity index (χ2n) is 4.00. The van der Waals surface area contributed by atoms with Crippen LogP contribution in [0, 0.1) is 0 Å². The molecule has 4 nitrogen and oxygen atoms in total. The Labute approximate surface area is 129 Å². The van der Waals surface area contributed by atoms with Gasteiger partial charge in [0, 0.05) is 10.9 Å². The molecular formula is C14H14BrNO3S. The van der Waals surface area contributed by atoms with Crippen molar-refractivity contribution in [3.05, 3.63) is 39.0 Å². The molecule has 2 rings (SSSR count). The quantitative estimate of drug-likeness (QED) is 0.889. The van der Waals surface area contributed by atoms with E-state index in [9.17, 15) is 4.79 Å². The van der Waals surface area contributed by atoms with Gasteiger partial charge in [-0.1, -0.05) is 0 Å². The van der Waals surface area contributed by atoms with Gasteiger partial charge in [-0.2, -0.15) is 0 Å². The third-order valence-corrected chi connectivity index (χ3v) is 4.27. The topological polar surface area (TPSA) is 47.6 Å². The van der Waals surface area contributed by atoms with E-state index >= 15 is 0 Å². The summed E-state index contributed by atoms with van der Waals surface area (Å²) in [5.74, 6) is 1.18. The highest BCUT2D eigenvalue weighted by Crippen LogP contribution is 2.29. The second kappa shape index (κ2) is 6.76. The van der Waals surface area contributed by atoms with Gasteiger partial charge in [0.15, 0.2) is 0 Å². The van der Waals surface area contributed by atoms with Crippen LogP contribution < -0.4 is 14.8 Å². The largest absolute Gasteiger partial charge is 0.497 e. The van der Waals surface area contributed by atoms with E-state index in [0.29, 0.717) is 23.6 Å². The molecule has 1 amide bonds. The van der Waals surface area contributed by atoms with E-state index in [0.717, 1.165) is 8.66 Å². The SMILES string of the molecule is COc1ccc(NC(=O)Cc2ccc(Br)s2)c(OC)c1. The van der Waals surface area contributed by atoms with Crippen molar-refractivity contribution in [2.24, 2.45) is 0 Å². The Bertz CT molecular complexity index is 612. The molecule has 0 bridgehead atoms. The van der Waals surface area contributed by atoms with Crippen LogP contribution in [0.15, 0.2) is 34.1 Å². The Hall–Kier alpha value is -1.53. The van der Waals surface area contributed by atoms with Gasteiger partial charge in [0.2, 0.25) is 5.91 Å². The fraction of sp³-hybridized carbons (Fsp3) is 0.214. The van der Waals surface area contributed by atoms with Crippen LogP contribution >= 0.6 is 27.3 Å². The summed E-state index contributed by atoms with van der Waals surface area (Å²) in [5, 5.41) is 2.84. The zero-order valence-corrected chi connectivity index (χ0v) is 13.5. The molecule has 0 aliphatic heterocycles. The normalized spacial score (nSPS) is 10.2. The van der Waals surface area contributed by atoms with Gasteiger partial charge >= 0.3 is 0 Å². The fourth-order valence-corrected chi connectivity index (χ4v) is 3.18. The van der Waals surface area contributed by atoms with Crippen LogP contribution in [0.3, 0.4) is 0 Å². The number of amides is 1. The lowest BCUT2D eigenvalue weighted by molar-refractivity contribution is -0.115. The molecule has 0 spiro atoms. The minimum absolute atomic E-state index is 0.0807. The van der Waals surface area contributed by atoms with Gasteiger partial charge in [0.05, 0.1) is 30.1 Å². The molecule has 0 saturated heterocycles. The number of hydrogen-bond acceptors (Lipinski definition) is 4. The van der Waals surface area contributed by atoms with Crippen molar-refractivity contribution in [2.45, 2.75) is 6.42 Å². The highest BCUT2D eigenvalue weighted by molar-refractivity contribution is 9.11. The summed E-state index contributed by atoms with van der Waals surface area (Å²) >= 11 is 4.93. The summed E-state index contributed by atoms with van der Waals surface area (Å²) in [4.78, 5) is 13.0. The molecule has 0 atom stereocenters. The Morgan fingerprint density at radius 3 is 2.65 bits per heavy atom. The Kier molecular flexibility index (Phi) is 5.03. The van der Waals surface area contributed by atoms with Gasteiger partial charge < -0.3 is 14.8 Å². The van der Waals surface area contributed by atoms with E-state index in [1.807, 2.05) is 12.1 Å². The van der Waals surface area contributed by atoms with Gasteiger partial charge in [-0.15, -0.1) is 11.3 Å². The highest BCUT2D eigenvalue weighted by Gasteiger charge is 2.10. The number of thiophene rings is 1. The van der Waals surface area contributed by atoms with Crippen LogP contribution in [0.1, 0.15) is 4.88 Å². The Morgan fingerprint density at radius 2 is 2.05 bits per heavy atom. The molecule has 0 fully saturated rings. The first kappa shape index (κ1) is 14.9. The maximum atomic E-state index is 12.0. The molecule has 1 N–H and O–H groups in total. The van der Waals surface area contributed by atoms with E-state index in [1.54, 1.807) is 43.8 Å². The number of nitrogens with one attached hydrogen (secondary N) is 1. The Balaban J connectivity index is 2.07. The second-order valence-corrected chi connectivity index (χ2v) is 6.54. The highest BCUT2D eigenvalue weighted by atomic mass is 79.9. The van der Waals surface area contributed by atoms with Crippen molar-refractivity contribution in [1.29, 1.82) is 0 Å². The van der Waals surface area contributed by atoms with Crippen molar-refractivity contribution in [3.63, 3.8) is 0 Å². The summed E-state index contributed by atoms with van der Waals surface area (Å²) in [6, 6.07) is 9.14. The molecule has 0 aliphatic rings. The lowest BCUT2D eigenvalue weighted by Gasteiger charge is -2.11. The van der Waals surface area contributed by atoms with Crippen molar-refractivity contribution < 1.29 is 14.3 Å². The predicted molar refractivity (Wildman–Crippen MR) is 83.9 cm³/mol. The smallest absolute Gasteiger partial charge is 0.229 e. The van der Waals surface area contributed by atoms with Crippen LogP contribution in [-0.4, -0.2) is 20.1 Å². The first-order valence-corrected chi connectivity index (χ1v) is 7.49. The molecule has 1 heterocycles. The molecule has 6 heteroatoms. The van der Waals surface area contributed by atoms with E-state index in [-0.39, 0.29) is 5.91 Å². The molecule has 0 unspecified atom stereocenters. The van der Waals surface area contributed by atoms with Crippen LogP contribution in [0.2, 0.25) is 0 Å². The fourth-order valence-electron chi connectivity index (χ4n) is 1.70. The third kappa shape index (κ3) is 3.74. The summed E-state index contributed by atoms with van der Waals surface area (Å²) in [6.07, 6.45) is 0.339. The number of methoxy groups -OCH3 is 2. The first-order chi connectivity index (χ1) is 9.62. The zero-order valence-electron chi connectivity index (χ0n) is 11.1. The zero-order chi connectivity index (χ0) is 14.5. The summed E-state index contributed by atoms with van der Waals surface area (Å²) in [6.45, 7) is 0. The number of halogens is 1. The van der Waals surface area contributed by atoms with Crippen LogP contribution in [0.4, 0.5) is 5.69 Å². The van der Waals surface area contributed by atoms with Gasteiger partial charge in [0.1, 0.15) is 11.5 Å². The molecule has 106 valence electrons. The van der Waals surface area contributed by atoms with Crippen LogP contribution in [0.25, 0.3) is 0 Å². The molecule has 1 aromatic heterocycles. The molecular weight excluding hydrogens is 342 g/mol. The van der Waals surface area contributed by atoms with Gasteiger partial charge in [-0.05, 0) is 40.2 Å². The van der Waals surface area contributed by atoms with Gasteiger partial charge in [0.25, 0.3) is 0 Å². The molecule has 2 aromatic rings. The molecule has 1 aromatic carbocycles. The van der Waals surface area contributed by atoms with Crippen molar-refractivity contribution in [3.8, 4) is 11.5 Å². The molecule has 20 heavy (non-hydrogen) atoms. The standard InChI is InChI=1S/C14H14BrNO3S/c1-18-9-3-5-11(12(7-9)19-2)16-14(17)8-10-4-6-13(15)20-10/h3-7H,8H2,1-2H3,(H,16,17). The maximum absolute atomic E-state index is 12.0. The van der Waals surface area contributed by atoms with Crippen molar-refractivity contribution >= 4 is 38.9 Å². The van der Waals surface area contributed by atoms with Crippen molar-refractivity contribution in [1.82, 2.24) is 0 Å². The van der Waals surface area contributed by atoms with Crippen LogP contribution in [0.5, 0.6) is 11.5 Å². The number of ether oxygens (including phenoxy) is 2. The average molecular weight is 356 g/mol. The van der Waals surface area contributed by atoms with E-state index in [2.05, 4.69) is 21.2 Å². The van der Waals surface area contributed by atoms with E-state index in [1.165, 1.54) is 0 Å². The van der Waals surface area contributed by atoms with E-state index in [4.69, 9.17) is 9.47 Å². The Morgan fingerprint density at radius 1 is 1.25 bits per heavy atom. The lowest BCUT2D eigenvalue weighted by Crippen LogP contribution is -2.14. The van der Waals surface area contributed by atoms with Gasteiger partial charge in [-0.3, -0.25) is 4.79 Å². The minimum Gasteiger partial charge on any atom is -0.497 e. The maximum Gasteiger partial charge on any atom is 0.229 e. The third-order valence-electron chi connectivity index (χ3n) is 2.65. The molecule has 0 radical (unpaired) electrons. The monoisotopic (exact) mass is 355 g/mol. The molecule has 0 aliphatic carbocycles. The van der Waals surface area contributed by atoms with Crippen LogP contribution in [-0.2, 0) is 11.2 Å². The first-order valence-electron chi connectivity index (χ1n) is 5.88. The number of benzene rings is 1. The van der Waals surface area contributed by atoms with Crippen molar-refractivity contribution in [2.75, 3.05) is 19.5 Å². The number of rotatable bonds is 5. The van der Waals surface area contributed by atoms with E-state index < -0.39 is 0 Å². The summed E-state index contributed by atoms with van der Waals surface area (Å²) in [5.41, 5.74) is 0.633. The lowest BCUT2D eigenvalue weighted by atomic mass is 10.2. The van der Waals surface area contributed by atoms with Gasteiger partial charge in [-0.25, -0.2) is 0 Å². The predicted octanol–water partition coefficient (Wildman–Crippen LogP) is 3.71. The minimum atomic E-state index is -0.0807. The number of anilines is 1.